The van der Waals surface area contributed by atoms with Crippen LogP contribution in [-0.4, -0.2) is 25.4 Å². The summed E-state index contributed by atoms with van der Waals surface area (Å²) in [7, 11) is 1.35. The maximum atomic E-state index is 14.5. The molecule has 0 aliphatic carbocycles. The molecule has 0 radical (unpaired) electrons. The van der Waals surface area contributed by atoms with Crippen molar-refractivity contribution in [2.45, 2.75) is 52.4 Å². The molecule has 1 heterocycles. The molecule has 0 spiro atoms. The minimum absolute atomic E-state index is 0.300. The van der Waals surface area contributed by atoms with E-state index in [9.17, 15) is 4.39 Å². The zero-order valence-corrected chi connectivity index (χ0v) is 16.5. The van der Waals surface area contributed by atoms with E-state index >= 15 is 0 Å². The summed E-state index contributed by atoms with van der Waals surface area (Å²) < 4.78 is 26.5. The first-order valence-electron chi connectivity index (χ1n) is 9.01. The van der Waals surface area contributed by atoms with Crippen molar-refractivity contribution in [3.63, 3.8) is 0 Å². The van der Waals surface area contributed by atoms with Gasteiger partial charge in [0.15, 0.2) is 0 Å². The normalized spacial score (nSPS) is 18.2. The molecule has 138 valence electrons. The summed E-state index contributed by atoms with van der Waals surface area (Å²) in [6.45, 7) is 10.7. The second-order valence-electron chi connectivity index (χ2n) is 8.09. The highest BCUT2D eigenvalue weighted by molar-refractivity contribution is 6.62. The van der Waals surface area contributed by atoms with E-state index in [1.165, 1.54) is 11.6 Å². The molecule has 1 fully saturated rings. The highest BCUT2D eigenvalue weighted by Crippen LogP contribution is 2.36. The maximum Gasteiger partial charge on any atom is 0.497 e. The zero-order chi connectivity index (χ0) is 19.1. The van der Waals surface area contributed by atoms with Gasteiger partial charge in [0.25, 0.3) is 0 Å². The van der Waals surface area contributed by atoms with E-state index < -0.39 is 18.3 Å². The standard InChI is InChI=1S/C21H27BFNO2/c1-15-9-7-8-10-19(15)24(6)14-16-11-12-18(23)17(13-16)22-25-20(2,3)21(4,5)26-22/h7-13H,14H2,1-6H3. The van der Waals surface area contributed by atoms with Gasteiger partial charge in [0, 0.05) is 24.7 Å². The lowest BCUT2D eigenvalue weighted by molar-refractivity contribution is 0.00578. The van der Waals surface area contributed by atoms with Crippen LogP contribution in [0.2, 0.25) is 0 Å². The summed E-state index contributed by atoms with van der Waals surface area (Å²) in [5.41, 5.74) is 2.87. The first-order chi connectivity index (χ1) is 12.1. The SMILES string of the molecule is Cc1ccccc1N(C)Cc1ccc(F)c(B2OC(C)(C)C(C)(C)O2)c1. The number of hydrogen-bond acceptors (Lipinski definition) is 3. The van der Waals surface area contributed by atoms with Gasteiger partial charge in [-0.15, -0.1) is 0 Å². The van der Waals surface area contributed by atoms with Crippen LogP contribution in [0.25, 0.3) is 0 Å². The van der Waals surface area contributed by atoms with E-state index in [-0.39, 0.29) is 5.82 Å². The Morgan fingerprint density at radius 2 is 1.62 bits per heavy atom. The third kappa shape index (κ3) is 3.51. The lowest BCUT2D eigenvalue weighted by Crippen LogP contribution is -2.41. The van der Waals surface area contributed by atoms with Crippen molar-refractivity contribution < 1.29 is 13.7 Å². The Bertz CT molecular complexity index is 790. The van der Waals surface area contributed by atoms with Gasteiger partial charge in [0.2, 0.25) is 0 Å². The van der Waals surface area contributed by atoms with Gasteiger partial charge in [-0.25, -0.2) is 4.39 Å². The van der Waals surface area contributed by atoms with Gasteiger partial charge in [-0.2, -0.15) is 0 Å². The fourth-order valence-electron chi connectivity index (χ4n) is 3.19. The summed E-state index contributed by atoms with van der Waals surface area (Å²) in [4.78, 5) is 2.16. The van der Waals surface area contributed by atoms with Gasteiger partial charge in [-0.05, 0) is 57.9 Å². The van der Waals surface area contributed by atoms with Gasteiger partial charge in [0.05, 0.1) is 11.2 Å². The van der Waals surface area contributed by atoms with Crippen molar-refractivity contribution >= 4 is 18.3 Å². The fraction of sp³-hybridized carbons (Fsp3) is 0.429. The molecule has 2 aromatic rings. The van der Waals surface area contributed by atoms with Gasteiger partial charge >= 0.3 is 7.12 Å². The monoisotopic (exact) mass is 355 g/mol. The zero-order valence-electron chi connectivity index (χ0n) is 16.5. The van der Waals surface area contributed by atoms with Crippen molar-refractivity contribution in [2.75, 3.05) is 11.9 Å². The van der Waals surface area contributed by atoms with Gasteiger partial charge in [-0.1, -0.05) is 30.3 Å². The van der Waals surface area contributed by atoms with Crippen LogP contribution in [0.3, 0.4) is 0 Å². The highest BCUT2D eigenvalue weighted by atomic mass is 19.1. The predicted octanol–water partition coefficient (Wildman–Crippen LogP) is 4.07. The fourth-order valence-corrected chi connectivity index (χ4v) is 3.19. The van der Waals surface area contributed by atoms with Gasteiger partial charge in [0.1, 0.15) is 5.82 Å². The molecule has 26 heavy (non-hydrogen) atoms. The number of rotatable bonds is 4. The predicted molar refractivity (Wildman–Crippen MR) is 105 cm³/mol. The molecule has 3 rings (SSSR count). The van der Waals surface area contributed by atoms with E-state index in [0.29, 0.717) is 12.0 Å². The Kier molecular flexibility index (Phi) is 4.89. The van der Waals surface area contributed by atoms with Crippen molar-refractivity contribution in [3.8, 4) is 0 Å². The Labute approximate surface area is 156 Å². The van der Waals surface area contributed by atoms with Gasteiger partial charge < -0.3 is 14.2 Å². The molecule has 3 nitrogen and oxygen atoms in total. The molecule has 0 amide bonds. The summed E-state index contributed by atoms with van der Waals surface area (Å²) in [6, 6.07) is 13.4. The van der Waals surface area contributed by atoms with Crippen LogP contribution in [0.5, 0.6) is 0 Å². The van der Waals surface area contributed by atoms with E-state index in [2.05, 4.69) is 24.0 Å². The summed E-state index contributed by atoms with van der Waals surface area (Å²) >= 11 is 0. The second-order valence-corrected chi connectivity index (χ2v) is 8.09. The molecule has 1 saturated heterocycles. The number of anilines is 1. The van der Waals surface area contributed by atoms with Crippen LogP contribution in [-0.2, 0) is 15.9 Å². The minimum Gasteiger partial charge on any atom is -0.399 e. The Morgan fingerprint density at radius 3 is 2.23 bits per heavy atom. The lowest BCUT2D eigenvalue weighted by atomic mass is 9.78. The van der Waals surface area contributed by atoms with Crippen LogP contribution in [0, 0.1) is 12.7 Å². The first kappa shape index (κ1) is 18.9. The highest BCUT2D eigenvalue weighted by Gasteiger charge is 2.52. The molecule has 1 aliphatic heterocycles. The third-order valence-electron chi connectivity index (χ3n) is 5.51. The van der Waals surface area contributed by atoms with Crippen LogP contribution >= 0.6 is 0 Å². The summed E-state index contributed by atoms with van der Waals surface area (Å²) in [5, 5.41) is 0. The Balaban J connectivity index is 1.84. The largest absolute Gasteiger partial charge is 0.497 e. The molecule has 2 aromatic carbocycles. The number of nitrogens with zero attached hydrogens (tertiary/aromatic N) is 1. The number of halogens is 1. The summed E-state index contributed by atoms with van der Waals surface area (Å²) in [6.07, 6.45) is 0. The average Bonchev–Trinajstić information content (AvgIpc) is 2.77. The molecular formula is C21H27BFNO2. The molecule has 0 atom stereocenters. The average molecular weight is 355 g/mol. The maximum absolute atomic E-state index is 14.5. The molecule has 5 heteroatoms. The quantitative estimate of drug-likeness (QED) is 0.772. The van der Waals surface area contributed by atoms with Crippen molar-refractivity contribution in [1.29, 1.82) is 0 Å². The van der Waals surface area contributed by atoms with Crippen LogP contribution in [0.1, 0.15) is 38.8 Å². The molecule has 0 saturated carbocycles. The van der Waals surface area contributed by atoms with Crippen LogP contribution in [0.15, 0.2) is 42.5 Å². The molecular weight excluding hydrogens is 328 g/mol. The van der Waals surface area contributed by atoms with Crippen LogP contribution in [0.4, 0.5) is 10.1 Å². The minimum atomic E-state index is -0.691. The van der Waals surface area contributed by atoms with Crippen LogP contribution < -0.4 is 10.4 Å². The smallest absolute Gasteiger partial charge is 0.399 e. The number of para-hydroxylation sites is 1. The third-order valence-corrected chi connectivity index (χ3v) is 5.51. The number of benzene rings is 2. The van der Waals surface area contributed by atoms with Crippen molar-refractivity contribution in [1.82, 2.24) is 0 Å². The van der Waals surface area contributed by atoms with Crippen molar-refractivity contribution in [2.24, 2.45) is 0 Å². The van der Waals surface area contributed by atoms with Gasteiger partial charge in [-0.3, -0.25) is 0 Å². The summed E-state index contributed by atoms with van der Waals surface area (Å²) in [5.74, 6) is -0.300. The topological polar surface area (TPSA) is 21.7 Å². The number of hydrogen-bond donors (Lipinski definition) is 0. The molecule has 0 aromatic heterocycles. The molecule has 0 N–H and O–H groups in total. The molecule has 1 aliphatic rings. The van der Waals surface area contributed by atoms with E-state index in [0.717, 1.165) is 11.3 Å². The van der Waals surface area contributed by atoms with E-state index in [1.54, 1.807) is 0 Å². The Morgan fingerprint density at radius 1 is 1.00 bits per heavy atom. The first-order valence-corrected chi connectivity index (χ1v) is 9.01. The molecule has 0 bridgehead atoms. The number of aryl methyl sites for hydroxylation is 1. The van der Waals surface area contributed by atoms with Crippen molar-refractivity contribution in [3.05, 3.63) is 59.4 Å². The molecule has 0 unspecified atom stereocenters. The Hall–Kier alpha value is -1.85. The lowest BCUT2D eigenvalue weighted by Gasteiger charge is -2.32. The second kappa shape index (κ2) is 6.71. The van der Waals surface area contributed by atoms with E-state index in [1.807, 2.05) is 59.0 Å². The van der Waals surface area contributed by atoms with E-state index in [4.69, 9.17) is 9.31 Å².